The van der Waals surface area contributed by atoms with Crippen molar-refractivity contribution in [3.8, 4) is 0 Å². The first kappa shape index (κ1) is 19.3. The van der Waals surface area contributed by atoms with Crippen LogP contribution < -0.4 is 5.32 Å². The summed E-state index contributed by atoms with van der Waals surface area (Å²) in [6.45, 7) is 8.27. The van der Waals surface area contributed by atoms with Crippen LogP contribution in [0.25, 0.3) is 0 Å². The molecule has 5 nitrogen and oxygen atoms in total. The summed E-state index contributed by atoms with van der Waals surface area (Å²) in [4.78, 5) is 15.7. The molecule has 1 rings (SSSR count). The maximum Gasteiger partial charge on any atom is 0.283 e. The van der Waals surface area contributed by atoms with Gasteiger partial charge in [-0.3, -0.25) is 14.6 Å². The second kappa shape index (κ2) is 8.17. The Morgan fingerprint density at radius 3 is 2.32 bits per heavy atom. The third-order valence-corrected chi connectivity index (χ3v) is 3.76. The Labute approximate surface area is 132 Å². The lowest BCUT2D eigenvalue weighted by Gasteiger charge is -2.44. The molecule has 0 aromatic rings. The standard InChI is InChI=1S/C15H29F2N3O2/c1-11(2)18-14(21)8-20-12(3)6-19(7-13(20)4)9-15(16,17)10-22-5/h11-13H,6-10H2,1-5H3,(H,18,21). The molecule has 1 heterocycles. The minimum Gasteiger partial charge on any atom is -0.378 e. The highest BCUT2D eigenvalue weighted by atomic mass is 19.3. The number of halogens is 2. The number of hydrogen-bond acceptors (Lipinski definition) is 4. The number of methoxy groups -OCH3 is 1. The normalized spacial score (nSPS) is 24.7. The first-order valence-corrected chi connectivity index (χ1v) is 7.79. The summed E-state index contributed by atoms with van der Waals surface area (Å²) in [5, 5.41) is 2.87. The first-order chi connectivity index (χ1) is 10.1. The van der Waals surface area contributed by atoms with E-state index in [2.05, 4.69) is 15.0 Å². The lowest BCUT2D eigenvalue weighted by atomic mass is 10.1. The SMILES string of the molecule is COCC(F)(F)CN1CC(C)N(CC(=O)NC(C)C)C(C)C1. The van der Waals surface area contributed by atoms with Gasteiger partial charge in [0.2, 0.25) is 5.91 Å². The molecule has 2 unspecified atom stereocenters. The summed E-state index contributed by atoms with van der Waals surface area (Å²) in [5.74, 6) is -2.86. The molecule has 0 radical (unpaired) electrons. The second-order valence-corrected chi connectivity index (χ2v) is 6.58. The van der Waals surface area contributed by atoms with Crippen LogP contribution in [-0.4, -0.2) is 79.7 Å². The summed E-state index contributed by atoms with van der Waals surface area (Å²) in [6.07, 6.45) is 0. The summed E-state index contributed by atoms with van der Waals surface area (Å²) in [7, 11) is 1.28. The number of carbonyl (C=O) groups is 1. The minimum atomic E-state index is -2.84. The lowest BCUT2D eigenvalue weighted by Crippen LogP contribution is -2.60. The van der Waals surface area contributed by atoms with Crippen molar-refractivity contribution in [1.82, 2.24) is 15.1 Å². The third kappa shape index (κ3) is 6.14. The van der Waals surface area contributed by atoms with Gasteiger partial charge in [0.05, 0.1) is 13.1 Å². The summed E-state index contributed by atoms with van der Waals surface area (Å²) < 4.78 is 31.9. The molecule has 1 saturated heterocycles. The lowest BCUT2D eigenvalue weighted by molar-refractivity contribution is -0.126. The molecule has 1 N–H and O–H groups in total. The number of hydrogen-bond donors (Lipinski definition) is 1. The number of ether oxygens (including phenoxy) is 1. The Hall–Kier alpha value is -0.790. The Bertz CT molecular complexity index is 355. The zero-order valence-electron chi connectivity index (χ0n) is 14.2. The van der Waals surface area contributed by atoms with Gasteiger partial charge in [0, 0.05) is 38.3 Å². The molecule has 1 aliphatic heterocycles. The number of nitrogens with one attached hydrogen (secondary N) is 1. The molecule has 0 aromatic heterocycles. The van der Waals surface area contributed by atoms with Gasteiger partial charge in [-0.25, -0.2) is 8.78 Å². The molecule has 1 amide bonds. The molecule has 0 saturated carbocycles. The number of carbonyl (C=O) groups excluding carboxylic acids is 1. The Morgan fingerprint density at radius 1 is 1.32 bits per heavy atom. The molecule has 7 heteroatoms. The number of piperazine rings is 1. The van der Waals surface area contributed by atoms with Crippen molar-refractivity contribution in [2.45, 2.75) is 51.7 Å². The summed E-state index contributed by atoms with van der Waals surface area (Å²) >= 11 is 0. The van der Waals surface area contributed by atoms with Crippen LogP contribution in [-0.2, 0) is 9.53 Å². The van der Waals surface area contributed by atoms with Gasteiger partial charge >= 0.3 is 0 Å². The van der Waals surface area contributed by atoms with Gasteiger partial charge in [-0.1, -0.05) is 0 Å². The van der Waals surface area contributed by atoms with Crippen molar-refractivity contribution in [2.24, 2.45) is 0 Å². The van der Waals surface area contributed by atoms with Crippen molar-refractivity contribution >= 4 is 5.91 Å². The number of alkyl halides is 2. The Balaban J connectivity index is 2.55. The fourth-order valence-corrected chi connectivity index (χ4v) is 3.02. The van der Waals surface area contributed by atoms with E-state index in [1.165, 1.54) is 7.11 Å². The minimum absolute atomic E-state index is 0.0214. The van der Waals surface area contributed by atoms with Gasteiger partial charge in [0.25, 0.3) is 5.92 Å². The number of rotatable bonds is 7. The predicted octanol–water partition coefficient (Wildman–Crippen LogP) is 1.19. The van der Waals surface area contributed by atoms with Crippen molar-refractivity contribution < 1.29 is 18.3 Å². The topological polar surface area (TPSA) is 44.8 Å². The molecule has 0 aromatic carbocycles. The van der Waals surface area contributed by atoms with E-state index in [1.807, 2.05) is 27.7 Å². The van der Waals surface area contributed by atoms with Gasteiger partial charge in [-0.15, -0.1) is 0 Å². The molecule has 2 atom stereocenters. The molecule has 0 spiro atoms. The number of nitrogens with zero attached hydrogens (tertiary/aromatic N) is 2. The van der Waals surface area contributed by atoms with E-state index in [4.69, 9.17) is 0 Å². The average molecular weight is 321 g/mol. The second-order valence-electron chi connectivity index (χ2n) is 6.58. The van der Waals surface area contributed by atoms with E-state index >= 15 is 0 Å². The Morgan fingerprint density at radius 2 is 1.86 bits per heavy atom. The molecular weight excluding hydrogens is 292 g/mol. The van der Waals surface area contributed by atoms with Crippen LogP contribution >= 0.6 is 0 Å². The van der Waals surface area contributed by atoms with Crippen molar-refractivity contribution in [3.05, 3.63) is 0 Å². The fraction of sp³-hybridized carbons (Fsp3) is 0.933. The van der Waals surface area contributed by atoms with E-state index in [9.17, 15) is 13.6 Å². The van der Waals surface area contributed by atoms with Gasteiger partial charge in [0.1, 0.15) is 6.61 Å². The van der Waals surface area contributed by atoms with Crippen LogP contribution in [0.4, 0.5) is 8.78 Å². The molecule has 1 aliphatic rings. The highest BCUT2D eigenvalue weighted by Crippen LogP contribution is 2.21. The van der Waals surface area contributed by atoms with Gasteiger partial charge in [-0.2, -0.15) is 0 Å². The molecule has 0 bridgehead atoms. The van der Waals surface area contributed by atoms with Crippen LogP contribution in [0, 0.1) is 0 Å². The largest absolute Gasteiger partial charge is 0.378 e. The van der Waals surface area contributed by atoms with E-state index in [1.54, 1.807) is 4.90 Å². The Kier molecular flexibility index (Phi) is 7.15. The molecule has 1 fully saturated rings. The number of amides is 1. The van der Waals surface area contributed by atoms with Gasteiger partial charge < -0.3 is 10.1 Å². The van der Waals surface area contributed by atoms with Gasteiger partial charge in [0.15, 0.2) is 0 Å². The molecule has 0 aliphatic carbocycles. The van der Waals surface area contributed by atoms with E-state index in [-0.39, 0.29) is 30.6 Å². The quantitative estimate of drug-likeness (QED) is 0.765. The van der Waals surface area contributed by atoms with Crippen LogP contribution in [0.2, 0.25) is 0 Å². The predicted molar refractivity (Wildman–Crippen MR) is 82.2 cm³/mol. The van der Waals surface area contributed by atoms with Gasteiger partial charge in [-0.05, 0) is 27.7 Å². The average Bonchev–Trinajstić information content (AvgIpc) is 2.32. The van der Waals surface area contributed by atoms with Crippen LogP contribution in [0.1, 0.15) is 27.7 Å². The molecule has 22 heavy (non-hydrogen) atoms. The van der Waals surface area contributed by atoms with E-state index < -0.39 is 12.5 Å². The summed E-state index contributed by atoms with van der Waals surface area (Å²) in [6, 6.07) is 0.215. The summed E-state index contributed by atoms with van der Waals surface area (Å²) in [5.41, 5.74) is 0. The maximum atomic E-state index is 13.7. The zero-order chi connectivity index (χ0) is 16.9. The highest BCUT2D eigenvalue weighted by Gasteiger charge is 2.37. The highest BCUT2D eigenvalue weighted by molar-refractivity contribution is 5.78. The maximum absolute atomic E-state index is 13.7. The fourth-order valence-electron chi connectivity index (χ4n) is 3.02. The van der Waals surface area contributed by atoms with Crippen molar-refractivity contribution in [1.29, 1.82) is 0 Å². The monoisotopic (exact) mass is 321 g/mol. The van der Waals surface area contributed by atoms with Crippen LogP contribution in [0.5, 0.6) is 0 Å². The smallest absolute Gasteiger partial charge is 0.283 e. The van der Waals surface area contributed by atoms with Crippen molar-refractivity contribution in [2.75, 3.05) is 39.9 Å². The van der Waals surface area contributed by atoms with E-state index in [0.717, 1.165) is 0 Å². The first-order valence-electron chi connectivity index (χ1n) is 7.79. The third-order valence-electron chi connectivity index (χ3n) is 3.76. The molecule has 130 valence electrons. The van der Waals surface area contributed by atoms with Crippen molar-refractivity contribution in [3.63, 3.8) is 0 Å². The van der Waals surface area contributed by atoms with E-state index in [0.29, 0.717) is 19.6 Å². The van der Waals surface area contributed by atoms with Crippen LogP contribution in [0.15, 0.2) is 0 Å². The van der Waals surface area contributed by atoms with Crippen LogP contribution in [0.3, 0.4) is 0 Å². The zero-order valence-corrected chi connectivity index (χ0v) is 14.2. The molecular formula is C15H29F2N3O2.